The van der Waals surface area contributed by atoms with Crippen LogP contribution < -0.4 is 15.4 Å². The lowest BCUT2D eigenvalue weighted by Gasteiger charge is -2.12. The average molecular weight is 360 g/mol. The molecule has 0 spiro atoms. The molecule has 0 atom stereocenters. The van der Waals surface area contributed by atoms with Gasteiger partial charge in [-0.2, -0.15) is 0 Å². The maximum atomic E-state index is 12.9. The second-order valence-corrected chi connectivity index (χ2v) is 5.57. The largest absolute Gasteiger partial charge is 0.475 e. The van der Waals surface area contributed by atoms with Gasteiger partial charge in [0.25, 0.3) is 0 Å². The van der Waals surface area contributed by atoms with Crippen LogP contribution in [-0.4, -0.2) is 44.9 Å². The number of methoxy groups -OCH3 is 1. The number of rotatable bonds is 9. The monoisotopic (exact) mass is 360 g/mol. The predicted molar refractivity (Wildman–Crippen MR) is 99.9 cm³/mol. The van der Waals surface area contributed by atoms with E-state index in [4.69, 9.17) is 9.47 Å². The molecule has 0 fully saturated rings. The summed E-state index contributed by atoms with van der Waals surface area (Å²) in [6.45, 7) is 2.31. The van der Waals surface area contributed by atoms with E-state index in [1.165, 1.54) is 12.1 Å². The van der Waals surface area contributed by atoms with E-state index >= 15 is 0 Å². The van der Waals surface area contributed by atoms with E-state index in [0.717, 1.165) is 17.5 Å². The Morgan fingerprint density at radius 1 is 1.08 bits per heavy atom. The molecule has 0 aliphatic rings. The molecule has 0 unspecified atom stereocenters. The highest BCUT2D eigenvalue weighted by molar-refractivity contribution is 5.79. The zero-order valence-electron chi connectivity index (χ0n) is 15.2. The summed E-state index contributed by atoms with van der Waals surface area (Å²) in [7, 11) is 3.35. The van der Waals surface area contributed by atoms with Gasteiger partial charge in [-0.05, 0) is 29.7 Å². The predicted octanol–water partition coefficient (Wildman–Crippen LogP) is 2.15. The first kappa shape index (κ1) is 19.7. The van der Waals surface area contributed by atoms with Crippen molar-refractivity contribution < 1.29 is 13.9 Å². The number of nitrogens with one attached hydrogen (secondary N) is 2. The molecule has 7 heteroatoms. The minimum Gasteiger partial charge on any atom is -0.475 e. The third-order valence-corrected chi connectivity index (χ3v) is 3.64. The molecule has 0 saturated carbocycles. The third-order valence-electron chi connectivity index (χ3n) is 3.64. The lowest BCUT2D eigenvalue weighted by atomic mass is 10.1. The van der Waals surface area contributed by atoms with Crippen LogP contribution in [0.25, 0.3) is 0 Å². The summed E-state index contributed by atoms with van der Waals surface area (Å²) in [4.78, 5) is 8.45. The minimum atomic E-state index is -0.220. The second-order valence-electron chi connectivity index (χ2n) is 5.57. The molecular formula is C19H25FN4O2. The molecule has 2 aromatic rings. The lowest BCUT2D eigenvalue weighted by Crippen LogP contribution is -2.37. The van der Waals surface area contributed by atoms with Crippen LogP contribution in [0.1, 0.15) is 11.1 Å². The van der Waals surface area contributed by atoms with E-state index in [9.17, 15) is 4.39 Å². The molecule has 2 rings (SSSR count). The number of nitrogens with zero attached hydrogens (tertiary/aromatic N) is 2. The minimum absolute atomic E-state index is 0.220. The molecule has 1 aromatic heterocycles. The standard InChI is InChI=1S/C19H25FN4O2/c1-21-19(22-10-9-15-3-6-17(20)7-4-15)24-14-16-5-8-18(23-13-16)26-12-11-25-2/h3-8,13H,9-12,14H2,1-2H3,(H2,21,22,24). The van der Waals surface area contributed by atoms with Crippen molar-refractivity contribution in [2.75, 3.05) is 33.9 Å². The quantitative estimate of drug-likeness (QED) is 0.407. The van der Waals surface area contributed by atoms with Crippen molar-refractivity contribution in [1.29, 1.82) is 0 Å². The van der Waals surface area contributed by atoms with Crippen LogP contribution in [0.2, 0.25) is 0 Å². The van der Waals surface area contributed by atoms with Crippen LogP contribution in [-0.2, 0) is 17.7 Å². The molecule has 0 amide bonds. The molecule has 2 N–H and O–H groups in total. The molecule has 140 valence electrons. The van der Waals surface area contributed by atoms with Crippen LogP contribution in [0.15, 0.2) is 47.6 Å². The zero-order chi connectivity index (χ0) is 18.6. The van der Waals surface area contributed by atoms with Crippen LogP contribution in [0.5, 0.6) is 5.88 Å². The Morgan fingerprint density at radius 2 is 1.85 bits per heavy atom. The number of aromatic nitrogens is 1. The van der Waals surface area contributed by atoms with Gasteiger partial charge in [0.1, 0.15) is 12.4 Å². The summed E-state index contributed by atoms with van der Waals surface area (Å²) in [5.41, 5.74) is 2.09. The van der Waals surface area contributed by atoms with Gasteiger partial charge < -0.3 is 20.1 Å². The van der Waals surface area contributed by atoms with E-state index in [0.29, 0.717) is 38.1 Å². The molecule has 26 heavy (non-hydrogen) atoms. The maximum Gasteiger partial charge on any atom is 0.213 e. The van der Waals surface area contributed by atoms with Gasteiger partial charge in [-0.1, -0.05) is 18.2 Å². The topological polar surface area (TPSA) is 67.8 Å². The number of guanidine groups is 1. The smallest absolute Gasteiger partial charge is 0.213 e. The van der Waals surface area contributed by atoms with Crippen molar-refractivity contribution in [3.8, 4) is 5.88 Å². The lowest BCUT2D eigenvalue weighted by molar-refractivity contribution is 0.143. The second kappa shape index (κ2) is 11.0. The number of hydrogen-bond acceptors (Lipinski definition) is 4. The van der Waals surface area contributed by atoms with Crippen LogP contribution in [0, 0.1) is 5.82 Å². The summed E-state index contributed by atoms with van der Waals surface area (Å²) in [5, 5.41) is 6.47. The molecule has 0 aliphatic carbocycles. The Morgan fingerprint density at radius 3 is 2.50 bits per heavy atom. The SMILES string of the molecule is CN=C(NCCc1ccc(F)cc1)NCc1ccc(OCCOC)nc1. The van der Waals surface area contributed by atoms with E-state index in [1.807, 2.05) is 12.1 Å². The molecule has 1 heterocycles. The summed E-state index contributed by atoms with van der Waals surface area (Å²) >= 11 is 0. The number of ether oxygens (including phenoxy) is 2. The van der Waals surface area contributed by atoms with Gasteiger partial charge in [-0.15, -0.1) is 0 Å². The van der Waals surface area contributed by atoms with Gasteiger partial charge in [0.05, 0.1) is 6.61 Å². The van der Waals surface area contributed by atoms with Crippen molar-refractivity contribution in [2.45, 2.75) is 13.0 Å². The van der Waals surface area contributed by atoms with Gasteiger partial charge in [0.15, 0.2) is 5.96 Å². The maximum absolute atomic E-state index is 12.9. The first-order valence-corrected chi connectivity index (χ1v) is 8.47. The number of pyridine rings is 1. The fourth-order valence-electron chi connectivity index (χ4n) is 2.21. The highest BCUT2D eigenvalue weighted by atomic mass is 19.1. The molecular weight excluding hydrogens is 335 g/mol. The Kier molecular flexibility index (Phi) is 8.35. The first-order valence-electron chi connectivity index (χ1n) is 8.47. The van der Waals surface area contributed by atoms with Crippen LogP contribution in [0.4, 0.5) is 4.39 Å². The summed E-state index contributed by atoms with van der Waals surface area (Å²) < 4.78 is 23.3. The van der Waals surface area contributed by atoms with Gasteiger partial charge in [0.2, 0.25) is 5.88 Å². The van der Waals surface area contributed by atoms with Crippen molar-refractivity contribution in [3.05, 3.63) is 59.5 Å². The normalized spacial score (nSPS) is 11.3. The number of hydrogen-bond donors (Lipinski definition) is 2. The van der Waals surface area contributed by atoms with E-state index in [2.05, 4.69) is 20.6 Å². The summed E-state index contributed by atoms with van der Waals surface area (Å²) in [6.07, 6.45) is 2.55. The third kappa shape index (κ3) is 7.06. The summed E-state index contributed by atoms with van der Waals surface area (Å²) in [6, 6.07) is 10.3. The number of halogens is 1. The van der Waals surface area contributed by atoms with Crippen molar-refractivity contribution in [1.82, 2.24) is 15.6 Å². The number of benzene rings is 1. The van der Waals surface area contributed by atoms with Crippen LogP contribution in [0.3, 0.4) is 0 Å². The van der Waals surface area contributed by atoms with Gasteiger partial charge in [-0.25, -0.2) is 9.37 Å². The molecule has 0 bridgehead atoms. The fourth-order valence-corrected chi connectivity index (χ4v) is 2.21. The number of aliphatic imine (C=N–C) groups is 1. The Hall–Kier alpha value is -2.67. The highest BCUT2D eigenvalue weighted by Crippen LogP contribution is 2.07. The van der Waals surface area contributed by atoms with Crippen molar-refractivity contribution in [3.63, 3.8) is 0 Å². The van der Waals surface area contributed by atoms with Gasteiger partial charge in [-0.3, -0.25) is 4.99 Å². The summed E-state index contributed by atoms with van der Waals surface area (Å²) in [5.74, 6) is 1.06. The highest BCUT2D eigenvalue weighted by Gasteiger charge is 2.01. The van der Waals surface area contributed by atoms with Gasteiger partial charge >= 0.3 is 0 Å². The van der Waals surface area contributed by atoms with E-state index in [-0.39, 0.29) is 5.82 Å². The Balaban J connectivity index is 1.71. The zero-order valence-corrected chi connectivity index (χ0v) is 15.2. The molecule has 1 aromatic carbocycles. The fraction of sp³-hybridized carbons (Fsp3) is 0.368. The Labute approximate surface area is 153 Å². The molecule has 0 saturated heterocycles. The van der Waals surface area contributed by atoms with E-state index < -0.39 is 0 Å². The van der Waals surface area contributed by atoms with Crippen molar-refractivity contribution >= 4 is 5.96 Å². The van der Waals surface area contributed by atoms with E-state index in [1.54, 1.807) is 32.5 Å². The van der Waals surface area contributed by atoms with Crippen LogP contribution >= 0.6 is 0 Å². The Bertz CT molecular complexity index is 675. The molecule has 0 aliphatic heterocycles. The van der Waals surface area contributed by atoms with Crippen molar-refractivity contribution in [2.24, 2.45) is 4.99 Å². The van der Waals surface area contributed by atoms with Gasteiger partial charge in [0, 0.05) is 39.5 Å². The first-order chi connectivity index (χ1) is 12.7. The average Bonchev–Trinajstić information content (AvgIpc) is 2.67. The molecule has 6 nitrogen and oxygen atoms in total. The molecule has 0 radical (unpaired) electrons.